The quantitative estimate of drug-likeness (QED) is 0.370. The average molecular weight is 192 g/mol. The van der Waals surface area contributed by atoms with Crippen LogP contribution in [-0.4, -0.2) is 16.8 Å². The van der Waals surface area contributed by atoms with Crippen LogP contribution in [0.1, 0.15) is 0 Å². The van der Waals surface area contributed by atoms with Crippen molar-refractivity contribution in [3.05, 3.63) is 18.7 Å². The summed E-state index contributed by atoms with van der Waals surface area (Å²) in [7, 11) is -4.06. The number of hydrogen-bond donors (Lipinski definition) is 0. The SMILES string of the molecule is Cn1ccnc1.F[B-](F)(F)F.[Na+]. The number of aryl methyl sites for hydroxylation is 1. The molecule has 0 saturated heterocycles. The van der Waals surface area contributed by atoms with E-state index in [1.54, 1.807) is 12.5 Å². The molecule has 0 bridgehead atoms. The first-order valence-electron chi connectivity index (χ1n) is 2.69. The second-order valence-electron chi connectivity index (χ2n) is 1.72. The molecule has 0 spiro atoms. The molecule has 0 radical (unpaired) electrons. The summed E-state index contributed by atoms with van der Waals surface area (Å²) in [6.07, 6.45) is 5.39. The topological polar surface area (TPSA) is 17.8 Å². The summed E-state index contributed by atoms with van der Waals surface area (Å²) in [5.74, 6) is 0. The Hall–Kier alpha value is -0.00506. The molecule has 1 heterocycles. The molecule has 0 amide bonds. The summed E-state index contributed by atoms with van der Waals surface area (Å²) < 4.78 is 40.9. The van der Waals surface area contributed by atoms with Crippen molar-refractivity contribution < 1.29 is 46.8 Å². The largest absolute Gasteiger partial charge is 1.00 e. The number of aromatic nitrogens is 2. The Morgan fingerprint density at radius 1 is 1.25 bits per heavy atom. The van der Waals surface area contributed by atoms with E-state index in [4.69, 9.17) is 0 Å². The van der Waals surface area contributed by atoms with Gasteiger partial charge in [0, 0.05) is 19.4 Å². The average Bonchev–Trinajstić information content (AvgIpc) is 2.12. The monoisotopic (exact) mass is 192 g/mol. The zero-order valence-electron chi connectivity index (χ0n) is 6.72. The molecule has 0 aromatic carbocycles. The van der Waals surface area contributed by atoms with Crippen molar-refractivity contribution in [1.82, 2.24) is 9.55 Å². The fourth-order valence-corrected chi connectivity index (χ4v) is 0.326. The third kappa shape index (κ3) is 16.5. The van der Waals surface area contributed by atoms with Gasteiger partial charge in [-0.15, -0.1) is 0 Å². The van der Waals surface area contributed by atoms with Crippen molar-refractivity contribution in [2.24, 2.45) is 7.05 Å². The maximum absolute atomic E-state index is 9.75. The van der Waals surface area contributed by atoms with Crippen molar-refractivity contribution in [3.63, 3.8) is 0 Å². The predicted octanol–water partition coefficient (Wildman–Crippen LogP) is -1.28. The summed E-state index contributed by atoms with van der Waals surface area (Å²) in [6.45, 7) is 0. The van der Waals surface area contributed by atoms with Gasteiger partial charge in [0.1, 0.15) is 0 Å². The van der Waals surface area contributed by atoms with Crippen LogP contribution < -0.4 is 29.6 Å². The molecule has 64 valence electrons. The van der Waals surface area contributed by atoms with Gasteiger partial charge in [0.05, 0.1) is 6.33 Å². The predicted molar refractivity (Wildman–Crippen MR) is 33.4 cm³/mol. The van der Waals surface area contributed by atoms with Crippen molar-refractivity contribution in [2.45, 2.75) is 0 Å². The molecule has 0 fully saturated rings. The van der Waals surface area contributed by atoms with Gasteiger partial charge in [-0.3, -0.25) is 0 Å². The van der Waals surface area contributed by atoms with Crippen molar-refractivity contribution in [2.75, 3.05) is 0 Å². The van der Waals surface area contributed by atoms with Gasteiger partial charge in [0.15, 0.2) is 0 Å². The van der Waals surface area contributed by atoms with E-state index in [9.17, 15) is 17.3 Å². The Labute approximate surface area is 89.4 Å². The first-order valence-corrected chi connectivity index (χ1v) is 2.69. The van der Waals surface area contributed by atoms with Gasteiger partial charge in [-0.25, -0.2) is 4.98 Å². The fraction of sp³-hybridized carbons (Fsp3) is 0.250. The molecule has 0 atom stereocenters. The Kier molecular flexibility index (Phi) is 7.87. The van der Waals surface area contributed by atoms with E-state index in [0.717, 1.165) is 0 Å². The van der Waals surface area contributed by atoms with Gasteiger partial charge in [0.2, 0.25) is 0 Å². The van der Waals surface area contributed by atoms with Crippen molar-refractivity contribution in [1.29, 1.82) is 0 Å². The molecule has 0 aliphatic rings. The van der Waals surface area contributed by atoms with E-state index >= 15 is 0 Å². The zero-order chi connectivity index (χ0) is 8.91. The standard InChI is InChI=1S/C4H6N2.BF4.Na/c1-6-3-2-5-4-6;2-1(3,4)5;/h2-4H,1H3;;/q;-1;+1. The van der Waals surface area contributed by atoms with E-state index in [-0.39, 0.29) is 29.6 Å². The minimum atomic E-state index is -6.00. The molecular formula is C4H6BF4N2Na. The maximum atomic E-state index is 9.75. The zero-order valence-corrected chi connectivity index (χ0v) is 8.72. The van der Waals surface area contributed by atoms with Crippen molar-refractivity contribution in [3.8, 4) is 0 Å². The Bertz CT molecular complexity index is 181. The van der Waals surface area contributed by atoms with Crippen LogP contribution in [-0.2, 0) is 7.05 Å². The van der Waals surface area contributed by atoms with E-state index in [1.807, 2.05) is 17.8 Å². The Morgan fingerprint density at radius 2 is 1.67 bits per heavy atom. The van der Waals surface area contributed by atoms with Gasteiger partial charge in [-0.05, 0) is 0 Å². The number of imidazole rings is 1. The van der Waals surface area contributed by atoms with Gasteiger partial charge in [0.25, 0.3) is 0 Å². The molecule has 0 unspecified atom stereocenters. The number of halogens is 4. The second-order valence-corrected chi connectivity index (χ2v) is 1.72. The normalized spacial score (nSPS) is 9.42. The fourth-order valence-electron chi connectivity index (χ4n) is 0.326. The molecule has 8 heteroatoms. The Balaban J connectivity index is 0. The third-order valence-electron chi connectivity index (χ3n) is 0.637. The van der Waals surface area contributed by atoms with E-state index in [0.29, 0.717) is 0 Å². The maximum Gasteiger partial charge on any atom is 1.00 e. The summed E-state index contributed by atoms with van der Waals surface area (Å²) in [5, 5.41) is 0. The number of nitrogens with zero attached hydrogens (tertiary/aromatic N) is 2. The van der Waals surface area contributed by atoms with Gasteiger partial charge in [-0.2, -0.15) is 0 Å². The van der Waals surface area contributed by atoms with E-state index in [1.165, 1.54) is 0 Å². The van der Waals surface area contributed by atoms with Crippen LogP contribution in [0.3, 0.4) is 0 Å². The molecule has 0 N–H and O–H groups in total. The van der Waals surface area contributed by atoms with Crippen LogP contribution in [0.5, 0.6) is 0 Å². The molecule has 1 rings (SSSR count). The van der Waals surface area contributed by atoms with E-state index in [2.05, 4.69) is 4.98 Å². The van der Waals surface area contributed by atoms with Crippen LogP contribution in [0.4, 0.5) is 17.3 Å². The first-order chi connectivity index (χ1) is 4.89. The van der Waals surface area contributed by atoms with Gasteiger partial charge < -0.3 is 21.8 Å². The summed E-state index contributed by atoms with van der Waals surface area (Å²) in [4.78, 5) is 3.78. The molecular weight excluding hydrogens is 186 g/mol. The molecule has 12 heavy (non-hydrogen) atoms. The molecule has 0 aliphatic carbocycles. The molecule has 0 aliphatic heterocycles. The Morgan fingerprint density at radius 3 is 1.75 bits per heavy atom. The molecule has 1 aromatic rings. The smallest absolute Gasteiger partial charge is 0.418 e. The summed E-state index contributed by atoms with van der Waals surface area (Å²) in [6, 6.07) is 0. The van der Waals surface area contributed by atoms with Gasteiger partial charge >= 0.3 is 36.8 Å². The third-order valence-corrected chi connectivity index (χ3v) is 0.637. The summed E-state index contributed by atoms with van der Waals surface area (Å²) >= 11 is 0. The molecule has 1 aromatic heterocycles. The minimum Gasteiger partial charge on any atom is -0.418 e. The molecule has 0 saturated carbocycles. The van der Waals surface area contributed by atoms with Crippen LogP contribution in [0.15, 0.2) is 18.7 Å². The second kappa shape index (κ2) is 6.50. The summed E-state index contributed by atoms with van der Waals surface area (Å²) in [5.41, 5.74) is 0. The van der Waals surface area contributed by atoms with Crippen LogP contribution in [0.25, 0.3) is 0 Å². The van der Waals surface area contributed by atoms with Gasteiger partial charge in [-0.1, -0.05) is 0 Å². The number of rotatable bonds is 0. The number of hydrogen-bond acceptors (Lipinski definition) is 1. The van der Waals surface area contributed by atoms with E-state index < -0.39 is 7.25 Å². The van der Waals surface area contributed by atoms with Crippen molar-refractivity contribution >= 4 is 7.25 Å². The first kappa shape index (κ1) is 14.5. The van der Waals surface area contributed by atoms with Crippen LogP contribution in [0, 0.1) is 0 Å². The van der Waals surface area contributed by atoms with Crippen LogP contribution >= 0.6 is 0 Å². The molecule has 2 nitrogen and oxygen atoms in total. The van der Waals surface area contributed by atoms with Crippen LogP contribution in [0.2, 0.25) is 0 Å². The minimum absolute atomic E-state index is 0.